The minimum absolute atomic E-state index is 0.427. The summed E-state index contributed by atoms with van der Waals surface area (Å²) in [7, 11) is 0. The fraction of sp³-hybridized carbons (Fsp3) is 0.176. The molecule has 2 aromatic rings. The van der Waals surface area contributed by atoms with E-state index in [0.29, 0.717) is 6.61 Å². The molecule has 1 atom stereocenters. The van der Waals surface area contributed by atoms with E-state index in [9.17, 15) is 5.11 Å². The normalized spacial score (nSPS) is 11.9. The van der Waals surface area contributed by atoms with Crippen LogP contribution in [0.1, 0.15) is 18.6 Å². The summed E-state index contributed by atoms with van der Waals surface area (Å²) in [5, 5.41) is 9.48. The molecule has 1 N–H and O–H groups in total. The highest BCUT2D eigenvalue weighted by atomic mass is 16.5. The van der Waals surface area contributed by atoms with Crippen molar-refractivity contribution in [3.63, 3.8) is 0 Å². The smallest absolute Gasteiger partial charge is 0.119 e. The lowest BCUT2D eigenvalue weighted by Gasteiger charge is -2.08. The SMILES string of the molecule is C=CCOc1ccc(-c2ccc(C(C)O)cc2)cc1. The number of hydrogen-bond donors (Lipinski definition) is 1. The van der Waals surface area contributed by atoms with Gasteiger partial charge in [-0.05, 0) is 35.7 Å². The van der Waals surface area contributed by atoms with Crippen molar-refractivity contribution in [2.75, 3.05) is 6.61 Å². The minimum atomic E-state index is -0.427. The number of aliphatic hydroxyl groups is 1. The third kappa shape index (κ3) is 3.46. The van der Waals surface area contributed by atoms with E-state index in [4.69, 9.17) is 4.74 Å². The van der Waals surface area contributed by atoms with Crippen molar-refractivity contribution in [3.05, 3.63) is 66.7 Å². The molecule has 0 saturated heterocycles. The first-order valence-corrected chi connectivity index (χ1v) is 6.33. The van der Waals surface area contributed by atoms with E-state index < -0.39 is 6.10 Å². The summed E-state index contributed by atoms with van der Waals surface area (Å²) in [6, 6.07) is 15.9. The third-order valence-electron chi connectivity index (χ3n) is 2.95. The maximum Gasteiger partial charge on any atom is 0.119 e. The molecule has 0 aliphatic carbocycles. The van der Waals surface area contributed by atoms with Crippen molar-refractivity contribution < 1.29 is 9.84 Å². The van der Waals surface area contributed by atoms with Gasteiger partial charge in [-0.3, -0.25) is 0 Å². The quantitative estimate of drug-likeness (QED) is 0.818. The van der Waals surface area contributed by atoms with Crippen molar-refractivity contribution in [2.45, 2.75) is 13.0 Å². The molecule has 1 unspecified atom stereocenters. The standard InChI is InChI=1S/C17H18O2/c1-3-12-19-17-10-8-16(9-11-17)15-6-4-14(5-7-15)13(2)18/h3-11,13,18H,1,12H2,2H3. The van der Waals surface area contributed by atoms with Gasteiger partial charge < -0.3 is 9.84 Å². The fourth-order valence-electron chi connectivity index (χ4n) is 1.85. The highest BCUT2D eigenvalue weighted by Crippen LogP contribution is 2.24. The molecule has 19 heavy (non-hydrogen) atoms. The lowest BCUT2D eigenvalue weighted by molar-refractivity contribution is 0.199. The maximum absolute atomic E-state index is 9.48. The molecule has 98 valence electrons. The summed E-state index contributed by atoms with van der Waals surface area (Å²) in [5.74, 6) is 0.837. The fourth-order valence-corrected chi connectivity index (χ4v) is 1.85. The van der Waals surface area contributed by atoms with Crippen LogP contribution in [0.5, 0.6) is 5.75 Å². The van der Waals surface area contributed by atoms with Crippen LogP contribution in [-0.2, 0) is 0 Å². The van der Waals surface area contributed by atoms with Crippen molar-refractivity contribution >= 4 is 0 Å². The topological polar surface area (TPSA) is 29.5 Å². The van der Waals surface area contributed by atoms with Crippen molar-refractivity contribution in [2.24, 2.45) is 0 Å². The van der Waals surface area contributed by atoms with Crippen LogP contribution in [0.25, 0.3) is 11.1 Å². The predicted molar refractivity (Wildman–Crippen MR) is 78.2 cm³/mol. The highest BCUT2D eigenvalue weighted by Gasteiger charge is 2.02. The molecule has 2 aromatic carbocycles. The number of ether oxygens (including phenoxy) is 1. The second kappa shape index (κ2) is 6.21. The van der Waals surface area contributed by atoms with Crippen molar-refractivity contribution in [3.8, 4) is 16.9 Å². The van der Waals surface area contributed by atoms with Gasteiger partial charge in [-0.2, -0.15) is 0 Å². The Bertz CT molecular complexity index is 524. The molecule has 0 bridgehead atoms. The number of rotatable bonds is 5. The summed E-state index contributed by atoms with van der Waals surface area (Å²) in [4.78, 5) is 0. The minimum Gasteiger partial charge on any atom is -0.490 e. The third-order valence-corrected chi connectivity index (χ3v) is 2.95. The van der Waals surface area contributed by atoms with Crippen LogP contribution in [0.2, 0.25) is 0 Å². The first-order chi connectivity index (χ1) is 9.20. The summed E-state index contributed by atoms with van der Waals surface area (Å²) < 4.78 is 5.45. The molecule has 0 radical (unpaired) electrons. The van der Waals surface area contributed by atoms with Gasteiger partial charge in [0.05, 0.1) is 6.10 Å². The van der Waals surface area contributed by atoms with Crippen LogP contribution in [0.3, 0.4) is 0 Å². The summed E-state index contributed by atoms with van der Waals surface area (Å²) in [6.45, 7) is 5.90. The second-order valence-corrected chi connectivity index (χ2v) is 4.42. The van der Waals surface area contributed by atoms with Crippen LogP contribution in [-0.4, -0.2) is 11.7 Å². The average Bonchev–Trinajstić information content (AvgIpc) is 2.46. The number of hydrogen-bond acceptors (Lipinski definition) is 2. The van der Waals surface area contributed by atoms with Crippen molar-refractivity contribution in [1.82, 2.24) is 0 Å². The molecule has 0 fully saturated rings. The largest absolute Gasteiger partial charge is 0.490 e. The summed E-state index contributed by atoms with van der Waals surface area (Å²) >= 11 is 0. The number of benzene rings is 2. The Morgan fingerprint density at radius 1 is 1.05 bits per heavy atom. The molecule has 0 aromatic heterocycles. The lowest BCUT2D eigenvalue weighted by atomic mass is 10.0. The molecular weight excluding hydrogens is 236 g/mol. The first kappa shape index (κ1) is 13.4. The molecule has 0 saturated carbocycles. The Hall–Kier alpha value is -2.06. The summed E-state index contributed by atoms with van der Waals surface area (Å²) in [5.41, 5.74) is 3.18. The zero-order valence-electron chi connectivity index (χ0n) is 11.0. The van der Waals surface area contributed by atoms with E-state index >= 15 is 0 Å². The van der Waals surface area contributed by atoms with Gasteiger partial charge in [0, 0.05) is 0 Å². The maximum atomic E-state index is 9.48. The van der Waals surface area contributed by atoms with Gasteiger partial charge in [-0.25, -0.2) is 0 Å². The zero-order chi connectivity index (χ0) is 13.7. The molecule has 2 rings (SSSR count). The van der Waals surface area contributed by atoms with E-state index in [1.807, 2.05) is 48.5 Å². The van der Waals surface area contributed by atoms with E-state index in [1.54, 1.807) is 13.0 Å². The van der Waals surface area contributed by atoms with Gasteiger partial charge in [0.2, 0.25) is 0 Å². The molecule has 2 heteroatoms. The molecule has 0 aliphatic heterocycles. The van der Waals surface area contributed by atoms with Gasteiger partial charge >= 0.3 is 0 Å². The van der Waals surface area contributed by atoms with E-state index in [0.717, 1.165) is 22.4 Å². The Morgan fingerprint density at radius 2 is 1.58 bits per heavy atom. The zero-order valence-corrected chi connectivity index (χ0v) is 11.0. The first-order valence-electron chi connectivity index (χ1n) is 6.33. The predicted octanol–water partition coefficient (Wildman–Crippen LogP) is 3.97. The van der Waals surface area contributed by atoms with Crippen LogP contribution in [0.15, 0.2) is 61.2 Å². The van der Waals surface area contributed by atoms with Gasteiger partial charge in [0.1, 0.15) is 12.4 Å². The van der Waals surface area contributed by atoms with E-state index in [2.05, 4.69) is 6.58 Å². The van der Waals surface area contributed by atoms with Crippen LogP contribution in [0, 0.1) is 0 Å². The van der Waals surface area contributed by atoms with Crippen molar-refractivity contribution in [1.29, 1.82) is 0 Å². The molecule has 0 amide bonds. The van der Waals surface area contributed by atoms with Gasteiger partial charge in [0.15, 0.2) is 0 Å². The Labute approximate surface area is 114 Å². The lowest BCUT2D eigenvalue weighted by Crippen LogP contribution is -1.92. The van der Waals surface area contributed by atoms with Crippen LogP contribution in [0.4, 0.5) is 0 Å². The van der Waals surface area contributed by atoms with E-state index in [-0.39, 0.29) is 0 Å². The average molecular weight is 254 g/mol. The molecule has 0 heterocycles. The molecule has 2 nitrogen and oxygen atoms in total. The van der Waals surface area contributed by atoms with Crippen LogP contribution >= 0.6 is 0 Å². The Morgan fingerprint density at radius 3 is 2.05 bits per heavy atom. The molecular formula is C17H18O2. The number of aliphatic hydroxyl groups excluding tert-OH is 1. The van der Waals surface area contributed by atoms with Gasteiger partial charge in [-0.15, -0.1) is 0 Å². The van der Waals surface area contributed by atoms with Crippen LogP contribution < -0.4 is 4.74 Å². The van der Waals surface area contributed by atoms with Gasteiger partial charge in [-0.1, -0.05) is 49.1 Å². The molecule has 0 spiro atoms. The molecule has 0 aliphatic rings. The Kier molecular flexibility index (Phi) is 4.37. The van der Waals surface area contributed by atoms with Gasteiger partial charge in [0.25, 0.3) is 0 Å². The monoisotopic (exact) mass is 254 g/mol. The van der Waals surface area contributed by atoms with E-state index in [1.165, 1.54) is 0 Å². The highest BCUT2D eigenvalue weighted by molar-refractivity contribution is 5.64. The summed E-state index contributed by atoms with van der Waals surface area (Å²) in [6.07, 6.45) is 1.30. The second-order valence-electron chi connectivity index (χ2n) is 4.42. The Balaban J connectivity index is 2.15.